The summed E-state index contributed by atoms with van der Waals surface area (Å²) < 4.78 is 5.00. The quantitative estimate of drug-likeness (QED) is 0.820. The van der Waals surface area contributed by atoms with Crippen LogP contribution in [0.3, 0.4) is 0 Å². The Bertz CT molecular complexity index is 753. The molecule has 6 heteroatoms. The largest absolute Gasteiger partial charge is 0.462 e. The molecule has 1 aliphatic rings. The number of anilines is 3. The summed E-state index contributed by atoms with van der Waals surface area (Å²) >= 11 is 0. The average molecular weight is 354 g/mol. The Hall–Kier alpha value is -2.63. The zero-order valence-electron chi connectivity index (χ0n) is 15.7. The molecule has 0 bridgehead atoms. The van der Waals surface area contributed by atoms with Gasteiger partial charge in [0.2, 0.25) is 5.95 Å². The van der Waals surface area contributed by atoms with E-state index in [-0.39, 0.29) is 5.97 Å². The van der Waals surface area contributed by atoms with Crippen molar-refractivity contribution in [3.63, 3.8) is 0 Å². The molecule has 1 N–H and O–H groups in total. The highest BCUT2D eigenvalue weighted by Gasteiger charge is 2.18. The number of carbonyl (C=O) groups is 1. The van der Waals surface area contributed by atoms with Gasteiger partial charge in [-0.1, -0.05) is 6.92 Å². The summed E-state index contributed by atoms with van der Waals surface area (Å²) in [4.78, 5) is 23.2. The first-order valence-electron chi connectivity index (χ1n) is 9.20. The van der Waals surface area contributed by atoms with Gasteiger partial charge >= 0.3 is 5.97 Å². The van der Waals surface area contributed by atoms with Crippen molar-refractivity contribution < 1.29 is 9.53 Å². The van der Waals surface area contributed by atoms with Crippen molar-refractivity contribution in [2.75, 3.05) is 29.9 Å². The number of carbonyl (C=O) groups excluding carboxylic acids is 1. The molecular formula is C20H26N4O2. The summed E-state index contributed by atoms with van der Waals surface area (Å²) in [5, 5.41) is 3.23. The van der Waals surface area contributed by atoms with E-state index in [0.29, 0.717) is 18.1 Å². The van der Waals surface area contributed by atoms with Crippen molar-refractivity contribution in [3.05, 3.63) is 41.6 Å². The molecule has 0 saturated carbocycles. The number of ether oxygens (including phenoxy) is 1. The Kier molecular flexibility index (Phi) is 5.71. The Morgan fingerprint density at radius 2 is 1.92 bits per heavy atom. The molecule has 0 atom stereocenters. The highest BCUT2D eigenvalue weighted by Crippen LogP contribution is 2.24. The molecule has 0 unspecified atom stereocenters. The lowest BCUT2D eigenvalue weighted by Crippen LogP contribution is -2.33. The van der Waals surface area contributed by atoms with E-state index >= 15 is 0 Å². The van der Waals surface area contributed by atoms with Gasteiger partial charge in [0.05, 0.1) is 12.2 Å². The lowest BCUT2D eigenvalue weighted by Gasteiger charge is -2.31. The van der Waals surface area contributed by atoms with Gasteiger partial charge in [0.25, 0.3) is 0 Å². The Balaban J connectivity index is 1.72. The van der Waals surface area contributed by atoms with Crippen LogP contribution >= 0.6 is 0 Å². The van der Waals surface area contributed by atoms with Gasteiger partial charge in [0.15, 0.2) is 0 Å². The molecule has 26 heavy (non-hydrogen) atoms. The predicted octanol–water partition coefficient (Wildman–Crippen LogP) is 3.94. The summed E-state index contributed by atoms with van der Waals surface area (Å²) in [7, 11) is 0. The van der Waals surface area contributed by atoms with E-state index < -0.39 is 0 Å². The van der Waals surface area contributed by atoms with Crippen molar-refractivity contribution in [2.24, 2.45) is 5.92 Å². The monoisotopic (exact) mass is 354 g/mol. The number of nitrogens with one attached hydrogen (secondary N) is 1. The van der Waals surface area contributed by atoms with Crippen LogP contribution in [0.2, 0.25) is 0 Å². The highest BCUT2D eigenvalue weighted by molar-refractivity contribution is 5.89. The van der Waals surface area contributed by atoms with E-state index in [1.807, 2.05) is 25.1 Å². The third-order valence-corrected chi connectivity index (χ3v) is 4.60. The van der Waals surface area contributed by atoms with Crippen LogP contribution in [0, 0.1) is 12.8 Å². The molecule has 0 spiro atoms. The van der Waals surface area contributed by atoms with Gasteiger partial charge in [-0.25, -0.2) is 9.78 Å². The van der Waals surface area contributed by atoms with Crippen LogP contribution in [0.5, 0.6) is 0 Å². The smallest absolute Gasteiger partial charge is 0.338 e. The fourth-order valence-corrected chi connectivity index (χ4v) is 3.04. The molecule has 0 radical (unpaired) electrons. The number of piperidine rings is 1. The van der Waals surface area contributed by atoms with Crippen LogP contribution in [0.4, 0.5) is 17.5 Å². The number of aromatic nitrogens is 2. The molecule has 0 aliphatic carbocycles. The van der Waals surface area contributed by atoms with Crippen molar-refractivity contribution in [3.8, 4) is 0 Å². The van der Waals surface area contributed by atoms with Gasteiger partial charge in [0, 0.05) is 30.5 Å². The van der Waals surface area contributed by atoms with Crippen LogP contribution in [-0.4, -0.2) is 35.6 Å². The molecule has 2 aromatic rings. The summed E-state index contributed by atoms with van der Waals surface area (Å²) in [6, 6.07) is 9.18. The Morgan fingerprint density at radius 3 is 2.58 bits per heavy atom. The molecule has 1 aromatic carbocycles. The fourth-order valence-electron chi connectivity index (χ4n) is 3.04. The maximum atomic E-state index is 11.7. The number of benzene rings is 1. The van der Waals surface area contributed by atoms with Crippen molar-refractivity contribution in [1.29, 1.82) is 0 Å². The number of aryl methyl sites for hydroxylation is 1. The van der Waals surface area contributed by atoms with Crippen molar-refractivity contribution >= 4 is 23.4 Å². The first kappa shape index (κ1) is 18.2. The van der Waals surface area contributed by atoms with Crippen molar-refractivity contribution in [2.45, 2.75) is 33.6 Å². The summed E-state index contributed by atoms with van der Waals surface area (Å²) in [5.74, 6) is 2.01. The minimum atomic E-state index is -0.313. The molecule has 138 valence electrons. The Labute approximate surface area is 154 Å². The maximum absolute atomic E-state index is 11.7. The minimum absolute atomic E-state index is 0.313. The minimum Gasteiger partial charge on any atom is -0.462 e. The lowest BCUT2D eigenvalue weighted by molar-refractivity contribution is 0.0526. The molecule has 2 heterocycles. The standard InChI is InChI=1S/C20H26N4O2/c1-4-26-19(25)16-5-7-17(8-6-16)22-20-21-15(3)13-18(23-20)24-11-9-14(2)10-12-24/h5-8,13-14H,4,9-12H2,1-3H3,(H,21,22,23). The molecule has 1 saturated heterocycles. The van der Waals surface area contributed by atoms with Gasteiger partial charge in [0.1, 0.15) is 5.82 Å². The summed E-state index contributed by atoms with van der Waals surface area (Å²) in [6.07, 6.45) is 2.39. The van der Waals surface area contributed by atoms with Crippen LogP contribution in [0.15, 0.2) is 30.3 Å². The average Bonchev–Trinajstić information content (AvgIpc) is 2.62. The van der Waals surface area contributed by atoms with Gasteiger partial charge in [-0.3, -0.25) is 0 Å². The highest BCUT2D eigenvalue weighted by atomic mass is 16.5. The van der Waals surface area contributed by atoms with Crippen LogP contribution in [0.1, 0.15) is 42.7 Å². The number of hydrogen-bond acceptors (Lipinski definition) is 6. The first-order valence-corrected chi connectivity index (χ1v) is 9.20. The lowest BCUT2D eigenvalue weighted by atomic mass is 9.99. The van der Waals surface area contributed by atoms with E-state index in [1.54, 1.807) is 19.1 Å². The molecule has 3 rings (SSSR count). The van der Waals surface area contributed by atoms with Gasteiger partial charge in [-0.2, -0.15) is 4.98 Å². The second kappa shape index (κ2) is 8.17. The number of hydrogen-bond donors (Lipinski definition) is 1. The summed E-state index contributed by atoms with van der Waals surface area (Å²) in [6.45, 7) is 8.51. The number of nitrogens with zero attached hydrogens (tertiary/aromatic N) is 3. The van der Waals surface area contributed by atoms with Crippen LogP contribution in [-0.2, 0) is 4.74 Å². The SMILES string of the molecule is CCOC(=O)c1ccc(Nc2nc(C)cc(N3CCC(C)CC3)n2)cc1. The van der Waals surface area contributed by atoms with E-state index in [0.717, 1.165) is 36.2 Å². The second-order valence-electron chi connectivity index (χ2n) is 6.78. The van der Waals surface area contributed by atoms with E-state index in [9.17, 15) is 4.79 Å². The third kappa shape index (κ3) is 4.50. The zero-order chi connectivity index (χ0) is 18.5. The Morgan fingerprint density at radius 1 is 1.23 bits per heavy atom. The maximum Gasteiger partial charge on any atom is 0.338 e. The third-order valence-electron chi connectivity index (χ3n) is 4.60. The van der Waals surface area contributed by atoms with Gasteiger partial charge in [-0.15, -0.1) is 0 Å². The predicted molar refractivity (Wildman–Crippen MR) is 103 cm³/mol. The van der Waals surface area contributed by atoms with Crippen LogP contribution < -0.4 is 10.2 Å². The van der Waals surface area contributed by atoms with Gasteiger partial charge in [-0.05, 0) is 56.9 Å². The van der Waals surface area contributed by atoms with Crippen LogP contribution in [0.25, 0.3) is 0 Å². The summed E-state index contributed by atoms with van der Waals surface area (Å²) in [5.41, 5.74) is 2.30. The topological polar surface area (TPSA) is 67.3 Å². The second-order valence-corrected chi connectivity index (χ2v) is 6.78. The molecule has 1 aliphatic heterocycles. The van der Waals surface area contributed by atoms with Gasteiger partial charge < -0.3 is 15.0 Å². The number of esters is 1. The molecule has 6 nitrogen and oxygen atoms in total. The molecule has 1 aromatic heterocycles. The first-order chi connectivity index (χ1) is 12.5. The van der Waals surface area contributed by atoms with E-state index in [1.165, 1.54) is 12.8 Å². The van der Waals surface area contributed by atoms with E-state index in [4.69, 9.17) is 4.74 Å². The number of rotatable bonds is 5. The molecule has 0 amide bonds. The van der Waals surface area contributed by atoms with E-state index in [2.05, 4.69) is 27.1 Å². The normalized spacial score (nSPS) is 15.0. The fraction of sp³-hybridized carbons (Fsp3) is 0.450. The van der Waals surface area contributed by atoms with Crippen molar-refractivity contribution in [1.82, 2.24) is 9.97 Å². The zero-order valence-corrected chi connectivity index (χ0v) is 15.7. The molecular weight excluding hydrogens is 328 g/mol. The molecule has 1 fully saturated rings.